The number of rotatable bonds is 1. The molecule has 0 bridgehead atoms. The van der Waals surface area contributed by atoms with Crippen molar-refractivity contribution >= 4 is 78.9 Å². The molecule has 4 heteroatoms. The molecule has 5 aliphatic rings. The van der Waals surface area contributed by atoms with E-state index in [1.807, 2.05) is 0 Å². The molecule has 15 rings (SSSR count). The molecule has 0 fully saturated rings. The van der Waals surface area contributed by atoms with E-state index in [9.17, 15) is 0 Å². The largest absolute Gasteiger partial charge is 0.455 e. The first kappa shape index (κ1) is 36.1. The number of benzene rings is 9. The van der Waals surface area contributed by atoms with E-state index in [2.05, 4.69) is 213 Å². The summed E-state index contributed by atoms with van der Waals surface area (Å²) in [5, 5.41) is 4.77. The van der Waals surface area contributed by atoms with Crippen LogP contribution in [0.25, 0.3) is 55.0 Å². The fourth-order valence-corrected chi connectivity index (χ4v) is 13.5. The van der Waals surface area contributed by atoms with Crippen LogP contribution < -0.4 is 20.6 Å². The molecule has 4 heterocycles. The molecule has 2 aliphatic carbocycles. The van der Waals surface area contributed by atoms with Crippen molar-refractivity contribution in [2.24, 2.45) is 0 Å². The van der Waals surface area contributed by atoms with Gasteiger partial charge in [0, 0.05) is 39.1 Å². The number of hydrogen-bond acceptors (Lipinski definition) is 3. The van der Waals surface area contributed by atoms with Crippen LogP contribution in [0.2, 0.25) is 0 Å². The monoisotopic (exact) mass is 832 g/mol. The lowest BCUT2D eigenvalue weighted by atomic mass is 9.42. The van der Waals surface area contributed by atoms with E-state index in [0.29, 0.717) is 0 Å². The SMILES string of the molecule is CC1(C)CCC(C)(C)c2cc(N3B4c5cccc6c5N(c5ccccc5C65c6ccccc6-c6ccccc65)c5cc6ccccc6c(c54)-c4c3ccc3c4oc4ccccc43)ccc21. The van der Waals surface area contributed by atoms with Gasteiger partial charge < -0.3 is 14.1 Å². The van der Waals surface area contributed by atoms with Crippen molar-refractivity contribution in [1.82, 2.24) is 0 Å². The summed E-state index contributed by atoms with van der Waals surface area (Å²) < 4.78 is 7.12. The molecular weight excluding hydrogens is 787 g/mol. The molecule has 1 spiro atoms. The molecule has 0 saturated carbocycles. The molecule has 3 nitrogen and oxygen atoms in total. The zero-order chi connectivity index (χ0) is 43.1. The van der Waals surface area contributed by atoms with Crippen molar-refractivity contribution in [3.05, 3.63) is 209 Å². The lowest BCUT2D eigenvalue weighted by molar-refractivity contribution is 0.332. The van der Waals surface area contributed by atoms with E-state index in [1.54, 1.807) is 0 Å². The normalized spacial score (nSPS) is 17.1. The van der Waals surface area contributed by atoms with Crippen molar-refractivity contribution in [2.75, 3.05) is 9.71 Å². The molecular formula is C61H45BN2O. The van der Waals surface area contributed by atoms with Gasteiger partial charge in [-0.05, 0) is 138 Å². The molecule has 1 aromatic heterocycles. The molecule has 0 amide bonds. The molecule has 3 aliphatic heterocycles. The highest BCUT2D eigenvalue weighted by Gasteiger charge is 2.56. The zero-order valence-electron chi connectivity index (χ0n) is 37.0. The number of furan rings is 1. The topological polar surface area (TPSA) is 19.6 Å². The van der Waals surface area contributed by atoms with Crippen LogP contribution in [0, 0.1) is 0 Å². The van der Waals surface area contributed by atoms with Crippen LogP contribution >= 0.6 is 0 Å². The number of nitrogens with zero attached hydrogens (tertiary/aromatic N) is 2. The van der Waals surface area contributed by atoms with Crippen LogP contribution in [0.5, 0.6) is 0 Å². The second-order valence-electron chi connectivity index (χ2n) is 20.5. The average molecular weight is 833 g/mol. The van der Waals surface area contributed by atoms with Gasteiger partial charge in [0.1, 0.15) is 11.2 Å². The third-order valence-electron chi connectivity index (χ3n) is 16.5. The van der Waals surface area contributed by atoms with Crippen molar-refractivity contribution in [3.8, 4) is 22.3 Å². The van der Waals surface area contributed by atoms with Gasteiger partial charge in [0.2, 0.25) is 0 Å². The summed E-state index contributed by atoms with van der Waals surface area (Å²) in [4.78, 5) is 5.36. The highest BCUT2D eigenvalue weighted by Crippen LogP contribution is 2.64. The predicted molar refractivity (Wildman–Crippen MR) is 271 cm³/mol. The van der Waals surface area contributed by atoms with Gasteiger partial charge in [0.05, 0.1) is 11.1 Å². The van der Waals surface area contributed by atoms with Crippen LogP contribution in [0.15, 0.2) is 180 Å². The Labute approximate surface area is 379 Å². The highest BCUT2D eigenvalue weighted by atomic mass is 16.3. The first-order valence-corrected chi connectivity index (χ1v) is 23.4. The van der Waals surface area contributed by atoms with Crippen molar-refractivity contribution in [1.29, 1.82) is 0 Å². The number of para-hydroxylation sites is 3. The molecule has 0 radical (unpaired) electrons. The molecule has 65 heavy (non-hydrogen) atoms. The minimum Gasteiger partial charge on any atom is -0.455 e. The summed E-state index contributed by atoms with van der Waals surface area (Å²) in [6.45, 7) is 9.63. The van der Waals surface area contributed by atoms with Gasteiger partial charge in [-0.25, -0.2) is 0 Å². The van der Waals surface area contributed by atoms with Gasteiger partial charge >= 0.3 is 6.85 Å². The Hall–Kier alpha value is -7.30. The molecule has 0 atom stereocenters. The lowest BCUT2D eigenvalue weighted by Crippen LogP contribution is -2.62. The Balaban J connectivity index is 1.12. The van der Waals surface area contributed by atoms with Gasteiger partial charge in [-0.2, -0.15) is 0 Å². The van der Waals surface area contributed by atoms with Crippen LogP contribution in [0.1, 0.15) is 73.9 Å². The van der Waals surface area contributed by atoms with Gasteiger partial charge in [0.15, 0.2) is 0 Å². The van der Waals surface area contributed by atoms with Gasteiger partial charge in [-0.3, -0.25) is 0 Å². The Kier molecular flexibility index (Phi) is 6.71. The van der Waals surface area contributed by atoms with E-state index in [1.165, 1.54) is 112 Å². The Bertz CT molecular complexity index is 3730. The summed E-state index contributed by atoms with van der Waals surface area (Å²) in [5.41, 5.74) is 23.6. The van der Waals surface area contributed by atoms with Crippen LogP contribution in [0.4, 0.5) is 28.4 Å². The van der Waals surface area contributed by atoms with Gasteiger partial charge in [-0.1, -0.05) is 161 Å². The third-order valence-corrected chi connectivity index (χ3v) is 16.5. The van der Waals surface area contributed by atoms with E-state index in [-0.39, 0.29) is 17.7 Å². The summed E-state index contributed by atoms with van der Waals surface area (Å²) >= 11 is 0. The van der Waals surface area contributed by atoms with E-state index in [0.717, 1.165) is 28.4 Å². The van der Waals surface area contributed by atoms with E-state index >= 15 is 0 Å². The van der Waals surface area contributed by atoms with Crippen LogP contribution in [-0.4, -0.2) is 6.85 Å². The second-order valence-corrected chi connectivity index (χ2v) is 20.5. The van der Waals surface area contributed by atoms with E-state index < -0.39 is 5.41 Å². The molecule has 308 valence electrons. The Morgan fingerprint density at radius 3 is 1.94 bits per heavy atom. The quantitative estimate of drug-likeness (QED) is 0.154. The first-order valence-electron chi connectivity index (χ1n) is 23.4. The minimum atomic E-state index is -0.512. The Morgan fingerprint density at radius 1 is 0.477 bits per heavy atom. The highest BCUT2D eigenvalue weighted by molar-refractivity contribution is 6.94. The lowest BCUT2D eigenvalue weighted by Gasteiger charge is -2.51. The standard InChI is InChI=1S/C61H45BN2O/c1-59(2)32-33-60(3,4)48-35-37(28-30-45(48)59)64-51-31-29-42-41-20-9-14-27-53(41)65-58(42)55(51)54-38-17-6-5-16-36(38)34-52-56(54)62(64)49-25-15-24-47-57(49)63(52)50-26-13-12-23-46(50)61(47)43-21-10-7-18-39(43)40-19-8-11-22-44(40)61/h5-31,34-35H,32-33H2,1-4H3. The average Bonchev–Trinajstić information content (AvgIpc) is 3.86. The first-order chi connectivity index (χ1) is 31.8. The van der Waals surface area contributed by atoms with Crippen LogP contribution in [-0.2, 0) is 16.2 Å². The van der Waals surface area contributed by atoms with E-state index in [4.69, 9.17) is 4.42 Å². The van der Waals surface area contributed by atoms with Crippen molar-refractivity contribution in [2.45, 2.75) is 56.8 Å². The molecule has 9 aromatic carbocycles. The number of hydrogen-bond donors (Lipinski definition) is 0. The van der Waals surface area contributed by atoms with Gasteiger partial charge in [0.25, 0.3) is 0 Å². The second kappa shape index (κ2) is 12.1. The molecule has 0 unspecified atom stereocenters. The van der Waals surface area contributed by atoms with Crippen LogP contribution in [0.3, 0.4) is 0 Å². The fraction of sp³-hybridized carbons (Fsp3) is 0.148. The fourth-order valence-electron chi connectivity index (χ4n) is 13.5. The maximum Gasteiger partial charge on any atom is 0.333 e. The molecule has 0 saturated heterocycles. The predicted octanol–water partition coefficient (Wildman–Crippen LogP) is 14.5. The molecule has 10 aromatic rings. The van der Waals surface area contributed by atoms with Gasteiger partial charge in [-0.15, -0.1) is 0 Å². The minimum absolute atomic E-state index is 0.0378. The smallest absolute Gasteiger partial charge is 0.333 e. The summed E-state index contributed by atoms with van der Waals surface area (Å²) in [6, 6.07) is 67.1. The molecule has 0 N–H and O–H groups in total. The summed E-state index contributed by atoms with van der Waals surface area (Å²) in [5.74, 6) is 0. The third kappa shape index (κ3) is 4.30. The number of anilines is 5. The summed E-state index contributed by atoms with van der Waals surface area (Å²) in [6.07, 6.45) is 2.33. The summed E-state index contributed by atoms with van der Waals surface area (Å²) in [7, 11) is 0. The maximum atomic E-state index is 7.12. The maximum absolute atomic E-state index is 7.12. The zero-order valence-corrected chi connectivity index (χ0v) is 37.0. The number of fused-ring (bicyclic) bond motifs is 20. The Morgan fingerprint density at radius 2 is 1.14 bits per heavy atom. The van der Waals surface area contributed by atoms with Crippen molar-refractivity contribution < 1.29 is 4.42 Å². The van der Waals surface area contributed by atoms with Crippen molar-refractivity contribution in [3.63, 3.8) is 0 Å².